The Morgan fingerprint density at radius 1 is 1.21 bits per heavy atom. The highest BCUT2D eigenvalue weighted by molar-refractivity contribution is 7.88. The van der Waals surface area contributed by atoms with Crippen LogP contribution in [-0.4, -0.2) is 38.1 Å². The molecular weight excluding hydrogens is 260 g/mol. The number of anilines is 1. The number of rotatable bonds is 4. The molecule has 1 heterocycles. The standard InChI is InChI=1S/C14H22N2O2S/c1-3-12-4-6-13(7-5-12)15-14-8-10-16(11-9-14)19(2,17)18/h4-7,14-15H,3,8-11H2,1-2H3. The van der Waals surface area contributed by atoms with Crippen molar-refractivity contribution in [3.8, 4) is 0 Å². The second-order valence-electron chi connectivity index (χ2n) is 5.13. The van der Waals surface area contributed by atoms with E-state index >= 15 is 0 Å². The zero-order chi connectivity index (χ0) is 13.9. The highest BCUT2D eigenvalue weighted by Gasteiger charge is 2.24. The zero-order valence-electron chi connectivity index (χ0n) is 11.6. The molecule has 0 bridgehead atoms. The number of piperidine rings is 1. The number of nitrogens with one attached hydrogen (secondary N) is 1. The molecule has 0 unspecified atom stereocenters. The van der Waals surface area contributed by atoms with Gasteiger partial charge in [0.15, 0.2) is 0 Å². The largest absolute Gasteiger partial charge is 0.382 e. The van der Waals surface area contributed by atoms with E-state index in [4.69, 9.17) is 0 Å². The van der Waals surface area contributed by atoms with Gasteiger partial charge in [-0.25, -0.2) is 12.7 Å². The fourth-order valence-electron chi connectivity index (χ4n) is 2.40. The maximum absolute atomic E-state index is 11.4. The van der Waals surface area contributed by atoms with Crippen LogP contribution in [-0.2, 0) is 16.4 Å². The lowest BCUT2D eigenvalue weighted by molar-refractivity contribution is 0.332. The van der Waals surface area contributed by atoms with Gasteiger partial charge >= 0.3 is 0 Å². The van der Waals surface area contributed by atoms with E-state index in [1.165, 1.54) is 11.8 Å². The van der Waals surface area contributed by atoms with Crippen LogP contribution in [0.1, 0.15) is 25.3 Å². The summed E-state index contributed by atoms with van der Waals surface area (Å²) in [7, 11) is -3.03. The van der Waals surface area contributed by atoms with E-state index in [-0.39, 0.29) is 0 Å². The predicted molar refractivity (Wildman–Crippen MR) is 78.9 cm³/mol. The van der Waals surface area contributed by atoms with Gasteiger partial charge in [-0.3, -0.25) is 0 Å². The van der Waals surface area contributed by atoms with Gasteiger partial charge in [-0.1, -0.05) is 19.1 Å². The number of nitrogens with zero attached hydrogens (tertiary/aromatic N) is 1. The van der Waals surface area contributed by atoms with Gasteiger partial charge in [-0.15, -0.1) is 0 Å². The van der Waals surface area contributed by atoms with Gasteiger partial charge in [0.1, 0.15) is 0 Å². The topological polar surface area (TPSA) is 49.4 Å². The summed E-state index contributed by atoms with van der Waals surface area (Å²) in [5.74, 6) is 0. The molecule has 1 aliphatic heterocycles. The minimum absolute atomic E-state index is 0.366. The minimum Gasteiger partial charge on any atom is -0.382 e. The number of aryl methyl sites for hydroxylation is 1. The van der Waals surface area contributed by atoms with Gasteiger partial charge in [0.05, 0.1) is 6.26 Å². The van der Waals surface area contributed by atoms with Gasteiger partial charge in [0.2, 0.25) is 10.0 Å². The van der Waals surface area contributed by atoms with Crippen molar-refractivity contribution in [2.75, 3.05) is 24.7 Å². The first-order valence-electron chi connectivity index (χ1n) is 6.79. The third-order valence-electron chi connectivity index (χ3n) is 3.66. The van der Waals surface area contributed by atoms with E-state index < -0.39 is 10.0 Å². The molecule has 19 heavy (non-hydrogen) atoms. The first-order chi connectivity index (χ1) is 8.99. The van der Waals surface area contributed by atoms with Crippen molar-refractivity contribution < 1.29 is 8.42 Å². The smallest absolute Gasteiger partial charge is 0.211 e. The molecule has 0 radical (unpaired) electrons. The molecule has 1 aliphatic rings. The second-order valence-corrected chi connectivity index (χ2v) is 7.11. The van der Waals surface area contributed by atoms with E-state index in [9.17, 15) is 8.42 Å². The summed E-state index contributed by atoms with van der Waals surface area (Å²) in [4.78, 5) is 0. The summed E-state index contributed by atoms with van der Waals surface area (Å²) >= 11 is 0. The molecule has 1 aromatic rings. The van der Waals surface area contributed by atoms with Gasteiger partial charge in [-0.05, 0) is 37.0 Å². The average Bonchev–Trinajstić information content (AvgIpc) is 2.39. The Hall–Kier alpha value is -1.07. The Kier molecular flexibility index (Phi) is 4.47. The van der Waals surface area contributed by atoms with Crippen LogP contribution in [0, 0.1) is 0 Å². The lowest BCUT2D eigenvalue weighted by Crippen LogP contribution is -2.41. The van der Waals surface area contributed by atoms with Gasteiger partial charge in [-0.2, -0.15) is 0 Å². The number of sulfonamides is 1. The van der Waals surface area contributed by atoms with Crippen LogP contribution < -0.4 is 5.32 Å². The molecule has 0 saturated carbocycles. The Labute approximate surface area is 115 Å². The molecule has 0 amide bonds. The van der Waals surface area contributed by atoms with Gasteiger partial charge in [0.25, 0.3) is 0 Å². The zero-order valence-corrected chi connectivity index (χ0v) is 12.4. The molecule has 5 heteroatoms. The predicted octanol–water partition coefficient (Wildman–Crippen LogP) is 2.08. The Bertz CT molecular complexity index is 503. The molecular formula is C14H22N2O2S. The molecule has 2 rings (SSSR count). The van der Waals surface area contributed by atoms with Crippen molar-refractivity contribution in [1.29, 1.82) is 0 Å². The Morgan fingerprint density at radius 3 is 2.26 bits per heavy atom. The van der Waals surface area contributed by atoms with Crippen LogP contribution in [0.2, 0.25) is 0 Å². The van der Waals surface area contributed by atoms with Crippen molar-refractivity contribution >= 4 is 15.7 Å². The van der Waals surface area contributed by atoms with Crippen molar-refractivity contribution in [1.82, 2.24) is 4.31 Å². The van der Waals surface area contributed by atoms with Gasteiger partial charge < -0.3 is 5.32 Å². The number of hydrogen-bond donors (Lipinski definition) is 1. The molecule has 1 aromatic carbocycles. The quantitative estimate of drug-likeness (QED) is 0.920. The minimum atomic E-state index is -3.03. The monoisotopic (exact) mass is 282 g/mol. The van der Waals surface area contributed by atoms with Crippen LogP contribution in [0.3, 0.4) is 0 Å². The summed E-state index contributed by atoms with van der Waals surface area (Å²) in [6.07, 6.45) is 4.06. The molecule has 0 atom stereocenters. The lowest BCUT2D eigenvalue weighted by Gasteiger charge is -2.31. The molecule has 106 valence electrons. The van der Waals surface area contributed by atoms with Crippen LogP contribution >= 0.6 is 0 Å². The summed E-state index contributed by atoms with van der Waals surface area (Å²) in [5, 5.41) is 3.48. The Morgan fingerprint density at radius 2 is 1.79 bits per heavy atom. The Balaban J connectivity index is 1.88. The van der Waals surface area contributed by atoms with Crippen LogP contribution in [0.25, 0.3) is 0 Å². The first-order valence-corrected chi connectivity index (χ1v) is 8.64. The van der Waals surface area contributed by atoms with E-state index in [2.05, 4.69) is 36.5 Å². The van der Waals surface area contributed by atoms with E-state index in [0.29, 0.717) is 19.1 Å². The second kappa shape index (κ2) is 5.92. The van der Waals surface area contributed by atoms with Crippen LogP contribution in [0.5, 0.6) is 0 Å². The molecule has 1 fully saturated rings. The van der Waals surface area contributed by atoms with Crippen molar-refractivity contribution in [2.45, 2.75) is 32.2 Å². The van der Waals surface area contributed by atoms with Crippen molar-refractivity contribution in [3.63, 3.8) is 0 Å². The number of hydrogen-bond acceptors (Lipinski definition) is 3. The highest BCUT2D eigenvalue weighted by Crippen LogP contribution is 2.18. The van der Waals surface area contributed by atoms with E-state index in [0.717, 1.165) is 24.9 Å². The summed E-state index contributed by atoms with van der Waals surface area (Å²) in [5.41, 5.74) is 2.45. The molecule has 4 nitrogen and oxygen atoms in total. The van der Waals surface area contributed by atoms with Crippen LogP contribution in [0.15, 0.2) is 24.3 Å². The third-order valence-corrected chi connectivity index (χ3v) is 4.96. The maximum Gasteiger partial charge on any atom is 0.211 e. The fraction of sp³-hybridized carbons (Fsp3) is 0.571. The first kappa shape index (κ1) is 14.3. The summed E-state index contributed by atoms with van der Waals surface area (Å²) in [6.45, 7) is 3.37. The molecule has 1 N–H and O–H groups in total. The van der Waals surface area contributed by atoms with E-state index in [1.807, 2.05) is 0 Å². The van der Waals surface area contributed by atoms with Crippen molar-refractivity contribution in [2.24, 2.45) is 0 Å². The van der Waals surface area contributed by atoms with E-state index in [1.54, 1.807) is 4.31 Å². The lowest BCUT2D eigenvalue weighted by atomic mass is 10.1. The average molecular weight is 282 g/mol. The third kappa shape index (κ3) is 3.94. The summed E-state index contributed by atoms with van der Waals surface area (Å²) in [6, 6.07) is 8.83. The highest BCUT2D eigenvalue weighted by atomic mass is 32.2. The fourth-order valence-corrected chi connectivity index (χ4v) is 3.28. The summed E-state index contributed by atoms with van der Waals surface area (Å²) < 4.78 is 24.4. The molecule has 1 saturated heterocycles. The van der Waals surface area contributed by atoms with Crippen molar-refractivity contribution in [3.05, 3.63) is 29.8 Å². The molecule has 0 spiro atoms. The van der Waals surface area contributed by atoms with Gasteiger partial charge in [0, 0.05) is 24.8 Å². The normalized spacial score (nSPS) is 18.4. The molecule has 0 aromatic heterocycles. The molecule has 0 aliphatic carbocycles. The SMILES string of the molecule is CCc1ccc(NC2CCN(S(C)(=O)=O)CC2)cc1. The maximum atomic E-state index is 11.4. The van der Waals surface area contributed by atoms with Crippen LogP contribution in [0.4, 0.5) is 5.69 Å². The number of benzene rings is 1.